The highest BCUT2D eigenvalue weighted by molar-refractivity contribution is 4.79. The minimum absolute atomic E-state index is 0.457. The third-order valence-electron chi connectivity index (χ3n) is 3.49. The van der Waals surface area contributed by atoms with Crippen LogP contribution in [0.25, 0.3) is 0 Å². The van der Waals surface area contributed by atoms with Crippen LogP contribution in [-0.4, -0.2) is 26.8 Å². The largest absolute Gasteiger partial charge is 0.381 e. The molecule has 0 radical (unpaired) electrons. The van der Waals surface area contributed by atoms with Gasteiger partial charge in [0.1, 0.15) is 0 Å². The third kappa shape index (κ3) is 6.49. The Balaban J connectivity index is 4.04. The first kappa shape index (κ1) is 15.9. The molecule has 2 nitrogen and oxygen atoms in total. The van der Waals surface area contributed by atoms with Gasteiger partial charge in [0.2, 0.25) is 0 Å². The van der Waals surface area contributed by atoms with Crippen LogP contribution >= 0.6 is 0 Å². The van der Waals surface area contributed by atoms with E-state index < -0.39 is 0 Å². The fraction of sp³-hybridized carbons (Fsp3) is 1.00. The zero-order chi connectivity index (χ0) is 12.3. The third-order valence-corrected chi connectivity index (χ3v) is 3.49. The smallest absolute Gasteiger partial charge is 0.0471 e. The summed E-state index contributed by atoms with van der Waals surface area (Å²) in [7, 11) is 2.06. The van der Waals surface area contributed by atoms with Crippen molar-refractivity contribution in [3.8, 4) is 0 Å². The van der Waals surface area contributed by atoms with Crippen LogP contribution in [0.3, 0.4) is 0 Å². The maximum Gasteiger partial charge on any atom is 0.0471 e. The standard InChI is InChI=1S/C14H31NO/c1-5-8-9-14(7-3,13-15-4)10-12-16-11-6-2/h15H,5-13H2,1-4H3. The number of unbranched alkanes of at least 4 members (excludes halogenated alkanes) is 1. The lowest BCUT2D eigenvalue weighted by Crippen LogP contribution is -2.33. The fourth-order valence-electron chi connectivity index (χ4n) is 2.24. The molecule has 0 fully saturated rings. The Bertz CT molecular complexity index is 150. The molecular weight excluding hydrogens is 198 g/mol. The van der Waals surface area contributed by atoms with E-state index in [-0.39, 0.29) is 0 Å². The first-order valence-corrected chi connectivity index (χ1v) is 6.97. The summed E-state index contributed by atoms with van der Waals surface area (Å²) >= 11 is 0. The van der Waals surface area contributed by atoms with E-state index in [1.165, 1.54) is 32.1 Å². The molecular formula is C14H31NO. The molecule has 0 spiro atoms. The molecule has 98 valence electrons. The highest BCUT2D eigenvalue weighted by atomic mass is 16.5. The van der Waals surface area contributed by atoms with Crippen LogP contribution in [0, 0.1) is 5.41 Å². The number of nitrogens with one attached hydrogen (secondary N) is 1. The predicted molar refractivity (Wildman–Crippen MR) is 71.9 cm³/mol. The van der Waals surface area contributed by atoms with Gasteiger partial charge in [0.15, 0.2) is 0 Å². The highest BCUT2D eigenvalue weighted by Gasteiger charge is 2.26. The Morgan fingerprint density at radius 3 is 2.25 bits per heavy atom. The Hall–Kier alpha value is -0.0800. The van der Waals surface area contributed by atoms with Crippen LogP contribution in [0.1, 0.15) is 59.3 Å². The zero-order valence-electron chi connectivity index (χ0n) is 11.8. The van der Waals surface area contributed by atoms with Crippen LogP contribution in [0.15, 0.2) is 0 Å². The molecule has 0 aromatic rings. The molecule has 0 rings (SSSR count). The molecule has 0 saturated carbocycles. The van der Waals surface area contributed by atoms with Crippen molar-refractivity contribution in [2.24, 2.45) is 5.41 Å². The maximum atomic E-state index is 5.64. The van der Waals surface area contributed by atoms with Crippen molar-refractivity contribution >= 4 is 0 Å². The van der Waals surface area contributed by atoms with Crippen LogP contribution < -0.4 is 5.32 Å². The summed E-state index contributed by atoms with van der Waals surface area (Å²) in [5.41, 5.74) is 0.457. The predicted octanol–water partition coefficient (Wildman–Crippen LogP) is 3.61. The molecule has 2 heteroatoms. The molecule has 0 saturated heterocycles. The van der Waals surface area contributed by atoms with E-state index in [1.807, 2.05) is 0 Å². The summed E-state index contributed by atoms with van der Waals surface area (Å²) in [6.07, 6.45) is 7.54. The molecule has 0 heterocycles. The monoisotopic (exact) mass is 229 g/mol. The molecule has 0 bridgehead atoms. The summed E-state index contributed by atoms with van der Waals surface area (Å²) in [5.74, 6) is 0. The minimum atomic E-state index is 0.457. The van der Waals surface area contributed by atoms with E-state index in [0.29, 0.717) is 5.41 Å². The normalized spacial score (nSPS) is 15.0. The van der Waals surface area contributed by atoms with Crippen LogP contribution in [0.4, 0.5) is 0 Å². The number of hydrogen-bond acceptors (Lipinski definition) is 2. The van der Waals surface area contributed by atoms with E-state index in [4.69, 9.17) is 4.74 Å². The first-order valence-electron chi connectivity index (χ1n) is 6.97. The van der Waals surface area contributed by atoms with Crippen molar-refractivity contribution in [3.63, 3.8) is 0 Å². The van der Waals surface area contributed by atoms with Gasteiger partial charge in [-0.25, -0.2) is 0 Å². The van der Waals surface area contributed by atoms with E-state index in [2.05, 4.69) is 33.1 Å². The molecule has 0 aromatic heterocycles. The molecule has 16 heavy (non-hydrogen) atoms. The molecule has 0 aliphatic rings. The lowest BCUT2D eigenvalue weighted by Gasteiger charge is -2.33. The van der Waals surface area contributed by atoms with E-state index in [0.717, 1.165) is 26.2 Å². The molecule has 1 unspecified atom stereocenters. The number of hydrogen-bond donors (Lipinski definition) is 1. The Kier molecular flexibility index (Phi) is 10.0. The second-order valence-corrected chi connectivity index (χ2v) is 4.85. The Morgan fingerprint density at radius 1 is 1.00 bits per heavy atom. The van der Waals surface area contributed by atoms with Gasteiger partial charge >= 0.3 is 0 Å². The second kappa shape index (κ2) is 10.1. The summed E-state index contributed by atoms with van der Waals surface area (Å²) in [4.78, 5) is 0. The average molecular weight is 229 g/mol. The Labute approximate surface area is 102 Å². The minimum Gasteiger partial charge on any atom is -0.381 e. The fourth-order valence-corrected chi connectivity index (χ4v) is 2.24. The maximum absolute atomic E-state index is 5.64. The van der Waals surface area contributed by atoms with Crippen molar-refractivity contribution in [2.75, 3.05) is 26.8 Å². The van der Waals surface area contributed by atoms with E-state index in [1.54, 1.807) is 0 Å². The van der Waals surface area contributed by atoms with Crippen molar-refractivity contribution in [2.45, 2.75) is 59.3 Å². The van der Waals surface area contributed by atoms with E-state index >= 15 is 0 Å². The van der Waals surface area contributed by atoms with Crippen molar-refractivity contribution in [1.82, 2.24) is 5.32 Å². The van der Waals surface area contributed by atoms with Gasteiger partial charge in [-0.3, -0.25) is 0 Å². The van der Waals surface area contributed by atoms with Gasteiger partial charge < -0.3 is 10.1 Å². The van der Waals surface area contributed by atoms with Crippen LogP contribution in [0.2, 0.25) is 0 Å². The molecule has 0 aromatic carbocycles. The van der Waals surface area contributed by atoms with Gasteiger partial charge in [0.05, 0.1) is 0 Å². The van der Waals surface area contributed by atoms with Gasteiger partial charge in [-0.1, -0.05) is 33.6 Å². The quantitative estimate of drug-likeness (QED) is 0.546. The summed E-state index contributed by atoms with van der Waals surface area (Å²) < 4.78 is 5.64. The second-order valence-electron chi connectivity index (χ2n) is 4.85. The van der Waals surface area contributed by atoms with Crippen molar-refractivity contribution in [3.05, 3.63) is 0 Å². The SMILES string of the molecule is CCCCC(CC)(CCOCCC)CNC. The first-order chi connectivity index (χ1) is 7.74. The van der Waals surface area contributed by atoms with Gasteiger partial charge in [0, 0.05) is 19.8 Å². The molecule has 1 atom stereocenters. The van der Waals surface area contributed by atoms with Crippen LogP contribution in [-0.2, 0) is 4.74 Å². The van der Waals surface area contributed by atoms with E-state index in [9.17, 15) is 0 Å². The number of ether oxygens (including phenoxy) is 1. The van der Waals surface area contributed by atoms with Crippen LogP contribution in [0.5, 0.6) is 0 Å². The summed E-state index contributed by atoms with van der Waals surface area (Å²) in [6, 6.07) is 0. The molecule has 0 aliphatic carbocycles. The number of rotatable bonds is 11. The topological polar surface area (TPSA) is 21.3 Å². The Morgan fingerprint density at radius 2 is 1.75 bits per heavy atom. The average Bonchev–Trinajstić information content (AvgIpc) is 2.31. The van der Waals surface area contributed by atoms with Gasteiger partial charge in [-0.2, -0.15) is 0 Å². The molecule has 1 N–H and O–H groups in total. The lowest BCUT2D eigenvalue weighted by atomic mass is 9.77. The molecule has 0 aliphatic heterocycles. The van der Waals surface area contributed by atoms with Gasteiger partial charge in [0.25, 0.3) is 0 Å². The van der Waals surface area contributed by atoms with Gasteiger partial charge in [-0.05, 0) is 38.1 Å². The molecule has 0 amide bonds. The highest BCUT2D eigenvalue weighted by Crippen LogP contribution is 2.32. The summed E-state index contributed by atoms with van der Waals surface area (Å²) in [6.45, 7) is 9.71. The summed E-state index contributed by atoms with van der Waals surface area (Å²) in [5, 5.41) is 3.35. The van der Waals surface area contributed by atoms with Crippen molar-refractivity contribution < 1.29 is 4.74 Å². The van der Waals surface area contributed by atoms with Gasteiger partial charge in [-0.15, -0.1) is 0 Å². The van der Waals surface area contributed by atoms with Crippen molar-refractivity contribution in [1.29, 1.82) is 0 Å². The lowest BCUT2D eigenvalue weighted by molar-refractivity contribution is 0.0860. The zero-order valence-corrected chi connectivity index (χ0v) is 11.8.